The highest BCUT2D eigenvalue weighted by atomic mass is 19.4. The number of nitrogens with zero attached hydrogens (tertiary/aromatic N) is 1. The Bertz CT molecular complexity index is 1090. The van der Waals surface area contributed by atoms with Gasteiger partial charge in [-0.2, -0.15) is 13.2 Å². The smallest absolute Gasteiger partial charge is 0.326 e. The first kappa shape index (κ1) is 25.4. The van der Waals surface area contributed by atoms with E-state index in [0.29, 0.717) is 6.42 Å². The standard InChI is InChI=1S/C26H30F4N2O3/c1-14-6-5-7-18(15(14)2)32-19-12-24(3,4)13-20(33)21(19)25(23(32)35,26(28,29)30)31-22(34)16-8-10-17(27)11-9-16/h8-11,14-15,18H,5-7,12-13H2,1-4H3,(H,31,34). The largest absolute Gasteiger partial charge is 0.425 e. The second-order valence-electron chi connectivity index (χ2n) is 11.0. The van der Waals surface area contributed by atoms with Gasteiger partial charge in [-0.05, 0) is 54.4 Å². The van der Waals surface area contributed by atoms with E-state index in [0.717, 1.165) is 37.1 Å². The first-order valence-electron chi connectivity index (χ1n) is 11.9. The van der Waals surface area contributed by atoms with Crippen LogP contribution in [0.1, 0.15) is 70.2 Å². The predicted octanol–water partition coefficient (Wildman–Crippen LogP) is 5.17. The Hall–Kier alpha value is -2.71. The van der Waals surface area contributed by atoms with Crippen LogP contribution in [0.3, 0.4) is 0 Å². The molecule has 1 N–H and O–H groups in total. The summed E-state index contributed by atoms with van der Waals surface area (Å²) in [6.45, 7) is 7.50. The molecule has 9 heteroatoms. The first-order valence-corrected chi connectivity index (χ1v) is 11.9. The summed E-state index contributed by atoms with van der Waals surface area (Å²) >= 11 is 0. The van der Waals surface area contributed by atoms with Crippen molar-refractivity contribution >= 4 is 17.6 Å². The Labute approximate surface area is 201 Å². The number of alkyl halides is 3. The highest BCUT2D eigenvalue weighted by Crippen LogP contribution is 2.54. The van der Waals surface area contributed by atoms with Gasteiger partial charge in [0.15, 0.2) is 5.78 Å². The van der Waals surface area contributed by atoms with Gasteiger partial charge < -0.3 is 10.2 Å². The molecule has 4 atom stereocenters. The van der Waals surface area contributed by atoms with E-state index in [1.165, 1.54) is 4.90 Å². The van der Waals surface area contributed by atoms with E-state index in [2.05, 4.69) is 0 Å². The van der Waals surface area contributed by atoms with Gasteiger partial charge in [-0.15, -0.1) is 0 Å². The molecule has 1 aromatic rings. The molecule has 0 saturated heterocycles. The number of carbonyl (C=O) groups is 3. The second kappa shape index (κ2) is 8.45. The fourth-order valence-electron chi connectivity index (χ4n) is 5.89. The lowest BCUT2D eigenvalue weighted by Gasteiger charge is -2.43. The van der Waals surface area contributed by atoms with Gasteiger partial charge in [0.1, 0.15) is 5.82 Å². The van der Waals surface area contributed by atoms with Crippen molar-refractivity contribution in [2.45, 2.75) is 77.6 Å². The molecular formula is C26H30F4N2O3. The Morgan fingerprint density at radius 2 is 1.69 bits per heavy atom. The molecule has 190 valence electrons. The third-order valence-corrected chi connectivity index (χ3v) is 7.89. The first-order chi connectivity index (χ1) is 16.2. The van der Waals surface area contributed by atoms with Crippen molar-refractivity contribution in [1.82, 2.24) is 10.2 Å². The van der Waals surface area contributed by atoms with E-state index >= 15 is 0 Å². The van der Waals surface area contributed by atoms with Gasteiger partial charge in [-0.1, -0.05) is 40.5 Å². The van der Waals surface area contributed by atoms with Crippen LogP contribution >= 0.6 is 0 Å². The Kier molecular flexibility index (Phi) is 6.13. The van der Waals surface area contributed by atoms with Crippen LogP contribution in [0.2, 0.25) is 0 Å². The van der Waals surface area contributed by atoms with Crippen molar-refractivity contribution in [1.29, 1.82) is 0 Å². The van der Waals surface area contributed by atoms with Gasteiger partial charge in [-0.3, -0.25) is 14.4 Å². The summed E-state index contributed by atoms with van der Waals surface area (Å²) in [5, 5.41) is 1.91. The van der Waals surface area contributed by atoms with Crippen molar-refractivity contribution in [3.63, 3.8) is 0 Å². The summed E-state index contributed by atoms with van der Waals surface area (Å²) in [4.78, 5) is 41.4. The number of nitrogens with one attached hydrogen (secondary N) is 1. The molecule has 0 spiro atoms. The fourth-order valence-corrected chi connectivity index (χ4v) is 5.89. The number of allylic oxidation sites excluding steroid dienone is 1. The third-order valence-electron chi connectivity index (χ3n) is 7.89. The van der Waals surface area contributed by atoms with Crippen LogP contribution in [0.5, 0.6) is 0 Å². The molecule has 2 aliphatic carbocycles. The van der Waals surface area contributed by atoms with E-state index < -0.39 is 52.2 Å². The minimum absolute atomic E-state index is 0.0685. The molecule has 0 bridgehead atoms. The fraction of sp³-hybridized carbons (Fsp3) is 0.577. The zero-order valence-corrected chi connectivity index (χ0v) is 20.3. The van der Waals surface area contributed by atoms with Crippen LogP contribution in [0.25, 0.3) is 0 Å². The molecular weight excluding hydrogens is 464 g/mol. The van der Waals surface area contributed by atoms with E-state index in [9.17, 15) is 31.9 Å². The van der Waals surface area contributed by atoms with Crippen LogP contribution < -0.4 is 5.32 Å². The lowest BCUT2D eigenvalue weighted by atomic mass is 9.72. The zero-order chi connectivity index (χ0) is 25.9. The van der Waals surface area contributed by atoms with E-state index in [4.69, 9.17) is 0 Å². The third kappa shape index (κ3) is 4.06. The molecule has 1 heterocycles. The van der Waals surface area contributed by atoms with E-state index in [1.807, 2.05) is 19.2 Å². The molecule has 4 unspecified atom stereocenters. The van der Waals surface area contributed by atoms with Gasteiger partial charge in [-0.25, -0.2) is 4.39 Å². The maximum atomic E-state index is 14.9. The van der Waals surface area contributed by atoms with Crippen molar-refractivity contribution in [2.24, 2.45) is 17.3 Å². The molecule has 0 radical (unpaired) electrons. The number of hydrogen-bond donors (Lipinski definition) is 1. The average molecular weight is 495 g/mol. The normalized spacial score (nSPS) is 31.0. The summed E-state index contributed by atoms with van der Waals surface area (Å²) in [5.74, 6) is -3.88. The van der Waals surface area contributed by atoms with Crippen LogP contribution in [0.4, 0.5) is 17.6 Å². The van der Waals surface area contributed by atoms with Crippen LogP contribution in [0.15, 0.2) is 35.5 Å². The van der Waals surface area contributed by atoms with E-state index in [-0.39, 0.29) is 35.9 Å². The van der Waals surface area contributed by atoms with Crippen LogP contribution in [-0.4, -0.2) is 40.3 Å². The predicted molar refractivity (Wildman–Crippen MR) is 121 cm³/mol. The Balaban J connectivity index is 1.89. The minimum Gasteiger partial charge on any atom is -0.326 e. The van der Waals surface area contributed by atoms with Crippen molar-refractivity contribution < 1.29 is 31.9 Å². The molecule has 1 aliphatic heterocycles. The maximum Gasteiger partial charge on any atom is 0.425 e. The summed E-state index contributed by atoms with van der Waals surface area (Å²) in [7, 11) is 0. The number of halogens is 4. The van der Waals surface area contributed by atoms with Gasteiger partial charge in [0.05, 0.1) is 5.57 Å². The van der Waals surface area contributed by atoms with Crippen LogP contribution in [-0.2, 0) is 9.59 Å². The van der Waals surface area contributed by atoms with E-state index in [1.54, 1.807) is 13.8 Å². The topological polar surface area (TPSA) is 66.5 Å². The summed E-state index contributed by atoms with van der Waals surface area (Å²) in [6.07, 6.45) is -3.16. The van der Waals surface area contributed by atoms with Crippen molar-refractivity contribution in [3.05, 3.63) is 46.9 Å². The average Bonchev–Trinajstić information content (AvgIpc) is 2.98. The summed E-state index contributed by atoms with van der Waals surface area (Å²) < 4.78 is 58.2. The molecule has 2 amide bonds. The maximum absolute atomic E-state index is 14.9. The molecule has 5 nitrogen and oxygen atoms in total. The lowest BCUT2D eigenvalue weighted by Crippen LogP contribution is -2.67. The molecule has 1 fully saturated rings. The molecule has 3 aliphatic rings. The molecule has 0 aromatic heterocycles. The summed E-state index contributed by atoms with van der Waals surface area (Å²) in [5.41, 5.74) is -4.97. The Morgan fingerprint density at radius 1 is 1.06 bits per heavy atom. The number of hydrogen-bond acceptors (Lipinski definition) is 3. The Morgan fingerprint density at radius 3 is 2.29 bits per heavy atom. The number of rotatable bonds is 3. The van der Waals surface area contributed by atoms with Crippen molar-refractivity contribution in [3.8, 4) is 0 Å². The number of ketones is 1. The van der Waals surface area contributed by atoms with Crippen molar-refractivity contribution in [2.75, 3.05) is 0 Å². The summed E-state index contributed by atoms with van der Waals surface area (Å²) in [6, 6.07) is 3.46. The van der Waals surface area contributed by atoms with Gasteiger partial charge in [0, 0.05) is 23.7 Å². The number of carbonyl (C=O) groups excluding carboxylic acids is 3. The van der Waals surface area contributed by atoms with Gasteiger partial charge in [0.25, 0.3) is 11.8 Å². The second-order valence-corrected chi connectivity index (χ2v) is 11.0. The van der Waals surface area contributed by atoms with Crippen LogP contribution in [0, 0.1) is 23.1 Å². The molecule has 35 heavy (non-hydrogen) atoms. The molecule has 4 rings (SSSR count). The lowest BCUT2D eigenvalue weighted by molar-refractivity contribution is -0.192. The zero-order valence-electron chi connectivity index (χ0n) is 20.3. The minimum atomic E-state index is -5.27. The molecule has 1 aromatic carbocycles. The highest BCUT2D eigenvalue weighted by molar-refractivity contribution is 6.14. The number of benzene rings is 1. The highest BCUT2D eigenvalue weighted by Gasteiger charge is 2.72. The molecule has 1 saturated carbocycles. The number of Topliss-reactive ketones (excluding diaryl/α,β-unsaturated/α-hetero) is 1. The quantitative estimate of drug-likeness (QED) is 0.590. The van der Waals surface area contributed by atoms with Gasteiger partial charge in [0.2, 0.25) is 5.54 Å². The number of amides is 2. The van der Waals surface area contributed by atoms with Gasteiger partial charge >= 0.3 is 6.18 Å². The SMILES string of the molecule is CC1CCCC(N2C(=O)C(NC(=O)c3ccc(F)cc3)(C(F)(F)F)C3=C2CC(C)(C)CC3=O)C1C. The monoisotopic (exact) mass is 494 g/mol.